The number of benzene rings is 3. The van der Waals surface area contributed by atoms with Crippen molar-refractivity contribution in [1.82, 2.24) is 5.32 Å². The third-order valence-corrected chi connectivity index (χ3v) is 5.50. The van der Waals surface area contributed by atoms with Gasteiger partial charge < -0.3 is 9.84 Å². The number of nitrogens with zero attached hydrogens (tertiary/aromatic N) is 1. The molecular weight excluding hydrogens is 407 g/mol. The number of aliphatic imine (C=N–C) groups is 1. The van der Waals surface area contributed by atoms with Crippen LogP contribution in [0.25, 0.3) is 0 Å². The molecule has 0 saturated carbocycles. The maximum absolute atomic E-state index is 10.4. The van der Waals surface area contributed by atoms with Gasteiger partial charge in [0.05, 0.1) is 7.11 Å². The summed E-state index contributed by atoms with van der Waals surface area (Å²) in [6.45, 7) is 0. The molecule has 2 atom stereocenters. The Bertz CT molecular complexity index is 1030. The Morgan fingerprint density at radius 1 is 0.966 bits per heavy atom. The lowest BCUT2D eigenvalue weighted by Gasteiger charge is -2.31. The topological polar surface area (TPSA) is 53.8 Å². The summed E-state index contributed by atoms with van der Waals surface area (Å²) in [4.78, 5) is 4.94. The van der Waals surface area contributed by atoms with Crippen molar-refractivity contribution in [3.05, 3.63) is 93.5 Å². The molecule has 0 fully saturated rings. The molecular formula is C23H20Cl2N2O2. The first-order valence-corrected chi connectivity index (χ1v) is 10.00. The fourth-order valence-electron chi connectivity index (χ4n) is 3.48. The van der Waals surface area contributed by atoms with E-state index in [0.29, 0.717) is 16.5 Å². The van der Waals surface area contributed by atoms with Crippen molar-refractivity contribution in [3.8, 4) is 11.5 Å². The zero-order valence-corrected chi connectivity index (χ0v) is 17.3. The summed E-state index contributed by atoms with van der Waals surface area (Å²) in [6, 6.07) is 20.4. The Balaban J connectivity index is 1.75. The first-order valence-electron chi connectivity index (χ1n) is 9.24. The van der Waals surface area contributed by atoms with E-state index < -0.39 is 0 Å². The van der Waals surface area contributed by atoms with E-state index in [9.17, 15) is 5.11 Å². The van der Waals surface area contributed by atoms with Gasteiger partial charge in [0.1, 0.15) is 17.7 Å². The Kier molecular flexibility index (Phi) is 5.76. The molecule has 0 amide bonds. The fraction of sp³-hybridized carbons (Fsp3) is 0.174. The highest BCUT2D eigenvalue weighted by molar-refractivity contribution is 6.30. The molecule has 2 N–H and O–H groups in total. The largest absolute Gasteiger partial charge is 0.508 e. The number of phenols is 1. The monoisotopic (exact) mass is 426 g/mol. The second-order valence-corrected chi connectivity index (χ2v) is 7.76. The zero-order chi connectivity index (χ0) is 20.4. The Morgan fingerprint density at radius 2 is 1.66 bits per heavy atom. The Morgan fingerprint density at radius 3 is 2.34 bits per heavy atom. The smallest absolute Gasteiger partial charge is 0.126 e. The predicted octanol–water partition coefficient (Wildman–Crippen LogP) is 5.93. The summed E-state index contributed by atoms with van der Waals surface area (Å²) in [6.07, 6.45) is 0.339. The average Bonchev–Trinajstić information content (AvgIpc) is 2.75. The van der Waals surface area contributed by atoms with E-state index in [1.807, 2.05) is 48.5 Å². The summed E-state index contributed by atoms with van der Waals surface area (Å²) >= 11 is 12.2. The maximum atomic E-state index is 10.4. The number of rotatable bonds is 4. The second kappa shape index (κ2) is 8.46. The van der Waals surface area contributed by atoms with Crippen LogP contribution in [0.4, 0.5) is 0 Å². The quantitative estimate of drug-likeness (QED) is 0.543. The van der Waals surface area contributed by atoms with E-state index in [1.165, 1.54) is 0 Å². The van der Waals surface area contributed by atoms with E-state index in [0.717, 1.165) is 28.2 Å². The molecule has 1 heterocycles. The summed E-state index contributed by atoms with van der Waals surface area (Å²) in [7, 11) is 1.64. The molecule has 0 radical (unpaired) electrons. The van der Waals surface area contributed by atoms with Crippen LogP contribution in [0, 0.1) is 0 Å². The molecule has 4 rings (SSSR count). The minimum absolute atomic E-state index is 0.149. The van der Waals surface area contributed by atoms with Gasteiger partial charge in [0.25, 0.3) is 0 Å². The standard InChI is InChI=1S/C23H20Cl2N2O2/c1-29-18-9-4-14(5-10-18)20-13-21(19-12-17(25)8-11-22(19)28)27-23(26-20)15-2-6-16(24)7-3-15/h2-12,21,23,27-28H,13H2,1H3/t21-,23+/m1/s1. The second-order valence-electron chi connectivity index (χ2n) is 6.88. The Hall–Kier alpha value is -2.53. The van der Waals surface area contributed by atoms with Crippen molar-refractivity contribution in [2.24, 2.45) is 4.99 Å². The first kappa shape index (κ1) is 19.8. The minimum atomic E-state index is -0.276. The lowest BCUT2D eigenvalue weighted by Crippen LogP contribution is -2.33. The van der Waals surface area contributed by atoms with Crippen LogP contribution < -0.4 is 10.1 Å². The van der Waals surface area contributed by atoms with Crippen LogP contribution in [0.2, 0.25) is 10.0 Å². The van der Waals surface area contributed by atoms with E-state index in [-0.39, 0.29) is 18.0 Å². The summed E-state index contributed by atoms with van der Waals surface area (Å²) in [5.74, 6) is 0.999. The normalized spacial score (nSPS) is 18.9. The lowest BCUT2D eigenvalue weighted by atomic mass is 9.93. The maximum Gasteiger partial charge on any atom is 0.126 e. The number of hydrogen-bond acceptors (Lipinski definition) is 4. The van der Waals surface area contributed by atoms with Gasteiger partial charge in [-0.05, 0) is 65.7 Å². The van der Waals surface area contributed by atoms with Crippen LogP contribution in [-0.2, 0) is 0 Å². The van der Waals surface area contributed by atoms with Crippen LogP contribution in [0.1, 0.15) is 35.3 Å². The molecule has 0 saturated heterocycles. The lowest BCUT2D eigenvalue weighted by molar-refractivity contribution is 0.412. The van der Waals surface area contributed by atoms with Crippen molar-refractivity contribution in [2.45, 2.75) is 18.6 Å². The molecule has 29 heavy (non-hydrogen) atoms. The molecule has 3 aromatic carbocycles. The molecule has 4 nitrogen and oxygen atoms in total. The number of methoxy groups -OCH3 is 1. The number of hydrogen-bond donors (Lipinski definition) is 2. The number of ether oxygens (including phenoxy) is 1. The average molecular weight is 427 g/mol. The van der Waals surface area contributed by atoms with Crippen molar-refractivity contribution in [1.29, 1.82) is 0 Å². The Labute approximate surface area is 179 Å². The number of aromatic hydroxyl groups is 1. The highest BCUT2D eigenvalue weighted by Gasteiger charge is 2.27. The molecule has 1 aliphatic heterocycles. The molecule has 0 spiro atoms. The van der Waals surface area contributed by atoms with Gasteiger partial charge in [0.15, 0.2) is 0 Å². The summed E-state index contributed by atoms with van der Waals surface area (Å²) < 4.78 is 5.27. The molecule has 3 aromatic rings. The third kappa shape index (κ3) is 4.40. The van der Waals surface area contributed by atoms with E-state index in [2.05, 4.69) is 5.32 Å². The number of nitrogens with one attached hydrogen (secondary N) is 1. The van der Waals surface area contributed by atoms with Gasteiger partial charge in [-0.2, -0.15) is 0 Å². The van der Waals surface area contributed by atoms with Crippen LogP contribution >= 0.6 is 23.2 Å². The molecule has 0 unspecified atom stereocenters. The van der Waals surface area contributed by atoms with Crippen LogP contribution in [-0.4, -0.2) is 17.9 Å². The SMILES string of the molecule is COc1ccc(C2=N[C@H](c3ccc(Cl)cc3)N[C@@H](c3cc(Cl)ccc3O)C2)cc1. The number of phenolic OH excluding ortho intramolecular Hbond substituents is 1. The van der Waals surface area contributed by atoms with Crippen molar-refractivity contribution < 1.29 is 9.84 Å². The number of halogens is 2. The van der Waals surface area contributed by atoms with Gasteiger partial charge in [-0.25, -0.2) is 0 Å². The molecule has 0 bridgehead atoms. The van der Waals surface area contributed by atoms with E-state index in [4.69, 9.17) is 32.9 Å². The zero-order valence-electron chi connectivity index (χ0n) is 15.8. The van der Waals surface area contributed by atoms with Gasteiger partial charge in [-0.15, -0.1) is 0 Å². The summed E-state index contributed by atoms with van der Waals surface area (Å²) in [5, 5.41) is 15.2. The van der Waals surface area contributed by atoms with Gasteiger partial charge in [0.2, 0.25) is 0 Å². The van der Waals surface area contributed by atoms with Gasteiger partial charge in [-0.3, -0.25) is 10.3 Å². The molecule has 1 aliphatic rings. The van der Waals surface area contributed by atoms with Crippen molar-refractivity contribution >= 4 is 28.9 Å². The van der Waals surface area contributed by atoms with Crippen LogP contribution in [0.3, 0.4) is 0 Å². The minimum Gasteiger partial charge on any atom is -0.508 e. The van der Waals surface area contributed by atoms with Crippen LogP contribution in [0.5, 0.6) is 11.5 Å². The van der Waals surface area contributed by atoms with Gasteiger partial charge in [0, 0.05) is 33.8 Å². The highest BCUT2D eigenvalue weighted by atomic mass is 35.5. The molecule has 6 heteroatoms. The van der Waals surface area contributed by atoms with E-state index in [1.54, 1.807) is 25.3 Å². The molecule has 0 aliphatic carbocycles. The summed E-state index contributed by atoms with van der Waals surface area (Å²) in [5.41, 5.74) is 3.69. The van der Waals surface area contributed by atoms with Crippen LogP contribution in [0.15, 0.2) is 71.7 Å². The van der Waals surface area contributed by atoms with E-state index >= 15 is 0 Å². The molecule has 148 valence electrons. The van der Waals surface area contributed by atoms with Gasteiger partial charge in [-0.1, -0.05) is 35.3 Å². The third-order valence-electron chi connectivity index (χ3n) is 5.02. The highest BCUT2D eigenvalue weighted by Crippen LogP contribution is 2.36. The van der Waals surface area contributed by atoms with Crippen molar-refractivity contribution in [3.63, 3.8) is 0 Å². The molecule has 0 aromatic heterocycles. The van der Waals surface area contributed by atoms with Crippen molar-refractivity contribution in [2.75, 3.05) is 7.11 Å². The predicted molar refractivity (Wildman–Crippen MR) is 117 cm³/mol. The fourth-order valence-corrected chi connectivity index (χ4v) is 3.79. The van der Waals surface area contributed by atoms with Gasteiger partial charge >= 0.3 is 0 Å². The first-order chi connectivity index (χ1) is 14.0.